The highest BCUT2D eigenvalue weighted by molar-refractivity contribution is 5.83. The van der Waals surface area contributed by atoms with Crippen LogP contribution in [0.5, 0.6) is 5.75 Å². The van der Waals surface area contributed by atoms with E-state index >= 15 is 0 Å². The van der Waals surface area contributed by atoms with E-state index in [2.05, 4.69) is 5.16 Å². The van der Waals surface area contributed by atoms with Gasteiger partial charge in [-0.2, -0.15) is 5.26 Å². The summed E-state index contributed by atoms with van der Waals surface area (Å²) in [5.74, 6) is 0.511. The van der Waals surface area contributed by atoms with Gasteiger partial charge in [-0.15, -0.1) is 0 Å². The van der Waals surface area contributed by atoms with Gasteiger partial charge in [0.1, 0.15) is 5.75 Å². The largest absolute Gasteiger partial charge is 0.496 e. The Morgan fingerprint density at radius 3 is 2.92 bits per heavy atom. The van der Waals surface area contributed by atoms with Crippen molar-refractivity contribution in [2.45, 2.75) is 0 Å². The van der Waals surface area contributed by atoms with Gasteiger partial charge in [-0.25, -0.2) is 0 Å². The highest BCUT2D eigenvalue weighted by Crippen LogP contribution is 2.17. The van der Waals surface area contributed by atoms with Crippen LogP contribution >= 0.6 is 0 Å². The van der Waals surface area contributed by atoms with Crippen molar-refractivity contribution in [3.63, 3.8) is 0 Å². The van der Waals surface area contributed by atoms with Crippen LogP contribution in [0.3, 0.4) is 0 Å². The van der Waals surface area contributed by atoms with Crippen LogP contribution in [0.15, 0.2) is 23.4 Å². The van der Waals surface area contributed by atoms with Crippen molar-refractivity contribution < 1.29 is 9.94 Å². The summed E-state index contributed by atoms with van der Waals surface area (Å²) in [6, 6.07) is 6.84. The van der Waals surface area contributed by atoms with Crippen LogP contribution in [0, 0.1) is 11.3 Å². The molecule has 0 amide bonds. The predicted molar refractivity (Wildman–Crippen MR) is 47.1 cm³/mol. The van der Waals surface area contributed by atoms with E-state index in [1.165, 1.54) is 13.3 Å². The lowest BCUT2D eigenvalue weighted by Gasteiger charge is -2.02. The molecule has 0 radical (unpaired) electrons. The predicted octanol–water partition coefficient (Wildman–Crippen LogP) is 1.37. The molecular weight excluding hydrogens is 168 g/mol. The molecule has 0 aliphatic rings. The fraction of sp³-hybridized carbons (Fsp3) is 0.111. The van der Waals surface area contributed by atoms with Gasteiger partial charge in [-0.1, -0.05) is 5.16 Å². The third-order valence-corrected chi connectivity index (χ3v) is 1.56. The summed E-state index contributed by atoms with van der Waals surface area (Å²) in [6.45, 7) is 0. The van der Waals surface area contributed by atoms with Crippen molar-refractivity contribution in [3.8, 4) is 11.8 Å². The fourth-order valence-electron chi connectivity index (χ4n) is 0.950. The molecule has 0 bridgehead atoms. The zero-order valence-corrected chi connectivity index (χ0v) is 7.06. The van der Waals surface area contributed by atoms with Crippen molar-refractivity contribution in [2.24, 2.45) is 5.16 Å². The molecule has 0 aliphatic carbocycles. The Balaban J connectivity index is 3.17. The van der Waals surface area contributed by atoms with Crippen molar-refractivity contribution in [1.29, 1.82) is 5.26 Å². The lowest BCUT2D eigenvalue weighted by Crippen LogP contribution is -1.91. The Morgan fingerprint density at radius 2 is 2.38 bits per heavy atom. The molecule has 0 spiro atoms. The Bertz CT molecular complexity index is 366. The SMILES string of the molecule is COc1cc(C#N)ccc1/C=N/O. The average Bonchev–Trinajstić information content (AvgIpc) is 2.19. The Morgan fingerprint density at radius 1 is 1.62 bits per heavy atom. The number of methoxy groups -OCH3 is 1. The highest BCUT2D eigenvalue weighted by atomic mass is 16.5. The molecule has 13 heavy (non-hydrogen) atoms. The quantitative estimate of drug-likeness (QED) is 0.420. The number of hydrogen-bond acceptors (Lipinski definition) is 4. The highest BCUT2D eigenvalue weighted by Gasteiger charge is 2.01. The maximum absolute atomic E-state index is 8.59. The molecule has 1 N–H and O–H groups in total. The average molecular weight is 176 g/mol. The molecule has 1 aromatic carbocycles. The van der Waals surface area contributed by atoms with Crippen LogP contribution in [-0.4, -0.2) is 18.5 Å². The van der Waals surface area contributed by atoms with E-state index in [9.17, 15) is 0 Å². The Hall–Kier alpha value is -2.02. The second kappa shape index (κ2) is 4.12. The maximum Gasteiger partial charge on any atom is 0.129 e. The van der Waals surface area contributed by atoms with Crippen LogP contribution in [0.2, 0.25) is 0 Å². The van der Waals surface area contributed by atoms with Gasteiger partial charge in [0.25, 0.3) is 0 Å². The number of nitriles is 1. The lowest BCUT2D eigenvalue weighted by atomic mass is 10.1. The molecule has 0 saturated heterocycles. The maximum atomic E-state index is 8.59. The summed E-state index contributed by atoms with van der Waals surface area (Å²) in [5.41, 5.74) is 1.14. The van der Waals surface area contributed by atoms with E-state index in [4.69, 9.17) is 15.2 Å². The molecule has 1 rings (SSSR count). The van der Waals surface area contributed by atoms with Gasteiger partial charge in [-0.3, -0.25) is 0 Å². The normalized spacial score (nSPS) is 9.85. The summed E-state index contributed by atoms with van der Waals surface area (Å²) in [7, 11) is 1.49. The minimum absolute atomic E-state index is 0.506. The summed E-state index contributed by atoms with van der Waals surface area (Å²) in [5, 5.41) is 19.8. The first-order valence-electron chi connectivity index (χ1n) is 3.57. The molecule has 0 atom stereocenters. The van der Waals surface area contributed by atoms with Crippen LogP contribution in [-0.2, 0) is 0 Å². The van der Waals surface area contributed by atoms with Gasteiger partial charge in [0, 0.05) is 5.56 Å². The molecule has 0 saturated carbocycles. The first-order valence-corrected chi connectivity index (χ1v) is 3.57. The second-order valence-corrected chi connectivity index (χ2v) is 2.31. The van der Waals surface area contributed by atoms with E-state index in [0.29, 0.717) is 16.9 Å². The molecule has 66 valence electrons. The van der Waals surface area contributed by atoms with Crippen molar-refractivity contribution in [1.82, 2.24) is 0 Å². The molecule has 0 heterocycles. The van der Waals surface area contributed by atoms with Crippen LogP contribution in [0.4, 0.5) is 0 Å². The summed E-state index contributed by atoms with van der Waals surface area (Å²) < 4.78 is 4.99. The summed E-state index contributed by atoms with van der Waals surface area (Å²) in [4.78, 5) is 0. The van der Waals surface area contributed by atoms with Gasteiger partial charge in [0.15, 0.2) is 0 Å². The topological polar surface area (TPSA) is 65.6 Å². The summed E-state index contributed by atoms with van der Waals surface area (Å²) in [6.07, 6.45) is 1.25. The number of rotatable bonds is 2. The third-order valence-electron chi connectivity index (χ3n) is 1.56. The van der Waals surface area contributed by atoms with Crippen molar-refractivity contribution in [3.05, 3.63) is 29.3 Å². The zero-order chi connectivity index (χ0) is 9.68. The van der Waals surface area contributed by atoms with Crippen LogP contribution in [0.25, 0.3) is 0 Å². The molecule has 0 unspecified atom stereocenters. The second-order valence-electron chi connectivity index (χ2n) is 2.31. The van der Waals surface area contributed by atoms with E-state index < -0.39 is 0 Å². The first-order chi connectivity index (χ1) is 6.31. The van der Waals surface area contributed by atoms with Gasteiger partial charge < -0.3 is 9.94 Å². The van der Waals surface area contributed by atoms with E-state index in [1.54, 1.807) is 18.2 Å². The standard InChI is InChI=1S/C9H8N2O2/c1-13-9-4-7(5-10)2-3-8(9)6-11-12/h2-4,6,12H,1H3/b11-6+. The molecule has 4 nitrogen and oxygen atoms in total. The van der Waals surface area contributed by atoms with Gasteiger partial charge in [-0.05, 0) is 18.2 Å². The minimum Gasteiger partial charge on any atom is -0.496 e. The number of hydrogen-bond donors (Lipinski definition) is 1. The molecule has 0 aromatic heterocycles. The zero-order valence-electron chi connectivity index (χ0n) is 7.06. The van der Waals surface area contributed by atoms with Crippen LogP contribution in [0.1, 0.15) is 11.1 Å². The number of ether oxygens (including phenoxy) is 1. The molecule has 0 aliphatic heterocycles. The third kappa shape index (κ3) is 1.97. The Kier molecular flexibility index (Phi) is 2.87. The number of benzene rings is 1. The van der Waals surface area contributed by atoms with E-state index in [-0.39, 0.29) is 0 Å². The van der Waals surface area contributed by atoms with E-state index in [1.807, 2.05) is 6.07 Å². The van der Waals surface area contributed by atoms with Gasteiger partial charge >= 0.3 is 0 Å². The van der Waals surface area contributed by atoms with Gasteiger partial charge in [0.2, 0.25) is 0 Å². The number of nitrogens with zero attached hydrogens (tertiary/aromatic N) is 2. The monoisotopic (exact) mass is 176 g/mol. The van der Waals surface area contributed by atoms with Crippen molar-refractivity contribution >= 4 is 6.21 Å². The molecular formula is C9H8N2O2. The van der Waals surface area contributed by atoms with Crippen molar-refractivity contribution in [2.75, 3.05) is 7.11 Å². The summed E-state index contributed by atoms with van der Waals surface area (Å²) >= 11 is 0. The smallest absolute Gasteiger partial charge is 0.129 e. The Labute approximate surface area is 75.7 Å². The molecule has 0 fully saturated rings. The van der Waals surface area contributed by atoms with E-state index in [0.717, 1.165) is 0 Å². The number of oxime groups is 1. The van der Waals surface area contributed by atoms with Gasteiger partial charge in [0.05, 0.1) is 25.0 Å². The molecule has 1 aromatic rings. The molecule has 4 heteroatoms. The lowest BCUT2D eigenvalue weighted by molar-refractivity contribution is 0.321. The fourth-order valence-corrected chi connectivity index (χ4v) is 0.950. The first kappa shape index (κ1) is 9.07. The van der Waals surface area contributed by atoms with Crippen LogP contribution < -0.4 is 4.74 Å². The minimum atomic E-state index is 0.506.